The second-order valence-corrected chi connectivity index (χ2v) is 12.4. The molecule has 0 radical (unpaired) electrons. The van der Waals surface area contributed by atoms with Crippen molar-refractivity contribution < 1.29 is 9.90 Å². The van der Waals surface area contributed by atoms with Crippen molar-refractivity contribution in [1.29, 1.82) is 0 Å². The number of nitrogens with one attached hydrogen (secondary N) is 2. The molecule has 3 aromatic carbocycles. The van der Waals surface area contributed by atoms with Crippen LogP contribution in [0.15, 0.2) is 104 Å². The number of hydrogen-bond acceptors (Lipinski definition) is 7. The molecule has 4 heterocycles. The fraction of sp³-hybridized carbons (Fsp3) is 0.270. The van der Waals surface area contributed by atoms with Gasteiger partial charge in [-0.3, -0.25) is 0 Å². The summed E-state index contributed by atoms with van der Waals surface area (Å²) in [4.78, 5) is 29.3. The molecule has 0 saturated carbocycles. The van der Waals surface area contributed by atoms with E-state index in [2.05, 4.69) is 117 Å². The van der Waals surface area contributed by atoms with E-state index in [0.29, 0.717) is 5.56 Å². The Bertz CT molecular complexity index is 1890. The number of aromatic carboxylic acids is 1. The molecule has 0 aliphatic carbocycles. The summed E-state index contributed by atoms with van der Waals surface area (Å²) in [5, 5.41) is 19.3. The third kappa shape index (κ3) is 10.2. The number of likely N-dealkylation sites (N-methyl/N-ethyl adjacent to an activating group) is 2. The Kier molecular flexibility index (Phi) is 12.0. The predicted molar refractivity (Wildman–Crippen MR) is 193 cm³/mol. The van der Waals surface area contributed by atoms with Crippen LogP contribution < -0.4 is 0 Å². The van der Waals surface area contributed by atoms with Gasteiger partial charge in [0, 0.05) is 47.3 Å². The van der Waals surface area contributed by atoms with Crippen LogP contribution in [0.1, 0.15) is 32.6 Å². The van der Waals surface area contributed by atoms with E-state index in [1.165, 1.54) is 44.1 Å². The highest BCUT2D eigenvalue weighted by molar-refractivity contribution is 5.87. The second-order valence-electron chi connectivity index (χ2n) is 12.4. The monoisotopic (exact) mass is 660 g/mol. The number of aromatic nitrogens is 8. The average Bonchev–Trinajstić information content (AvgIpc) is 3.93. The summed E-state index contributed by atoms with van der Waals surface area (Å²) < 4.78 is 3.68. The van der Waals surface area contributed by atoms with Gasteiger partial charge in [0.1, 0.15) is 25.3 Å². The molecule has 3 N–H and O–H groups in total. The smallest absolute Gasteiger partial charge is 0.335 e. The first-order valence-electron chi connectivity index (χ1n) is 16.2. The van der Waals surface area contributed by atoms with E-state index in [0.717, 1.165) is 39.0 Å². The number of H-pyrrole nitrogens is 2. The number of rotatable bonds is 11. The van der Waals surface area contributed by atoms with Crippen molar-refractivity contribution in [3.8, 4) is 0 Å². The third-order valence-electron chi connectivity index (χ3n) is 7.96. The second kappa shape index (κ2) is 17.0. The van der Waals surface area contributed by atoms with Crippen molar-refractivity contribution in [2.24, 2.45) is 0 Å². The number of carbonyl (C=O) groups is 1. The maximum atomic E-state index is 10.2. The van der Waals surface area contributed by atoms with E-state index in [1.54, 1.807) is 55.6 Å². The fourth-order valence-electron chi connectivity index (χ4n) is 5.33. The molecule has 0 aliphatic heterocycles. The number of carboxylic acid groups (broad SMARTS) is 1. The first kappa shape index (κ1) is 34.7. The number of nitrogens with zero attached hydrogens (tertiary/aromatic N) is 8. The number of benzene rings is 3. The summed E-state index contributed by atoms with van der Waals surface area (Å²) in [5.74, 6) is -0.879. The molecule has 12 nitrogen and oxygen atoms in total. The van der Waals surface area contributed by atoms with Crippen molar-refractivity contribution >= 4 is 27.8 Å². The Morgan fingerprint density at radius 1 is 0.694 bits per heavy atom. The van der Waals surface area contributed by atoms with Crippen molar-refractivity contribution in [3.05, 3.63) is 132 Å². The number of fused-ring (bicyclic) bond motifs is 2. The van der Waals surface area contributed by atoms with Gasteiger partial charge in [-0.05, 0) is 99.7 Å². The van der Waals surface area contributed by atoms with Crippen LogP contribution >= 0.6 is 0 Å². The Balaban J connectivity index is 0.000000154. The Morgan fingerprint density at radius 2 is 1.16 bits per heavy atom. The van der Waals surface area contributed by atoms with Crippen LogP contribution in [0.5, 0.6) is 0 Å². The summed E-state index contributed by atoms with van der Waals surface area (Å²) in [5.41, 5.74) is 7.95. The standard InChI is InChI=1S/2C15H19N5.C7H6O2/c2*1-19(2)6-5-13-8-17-15-4-3-12(7-14(13)15)9-20-11-16-10-18-20;8-7(9)6-4-2-1-3-5-6/h2*3-4,7-8,10-11,17H,5-6,9H2,1-2H3;1-5H,(H,8,9). The van der Waals surface area contributed by atoms with E-state index >= 15 is 0 Å². The van der Waals surface area contributed by atoms with Gasteiger partial charge in [-0.15, -0.1) is 0 Å². The van der Waals surface area contributed by atoms with E-state index < -0.39 is 5.97 Å². The van der Waals surface area contributed by atoms with Gasteiger partial charge in [0.25, 0.3) is 0 Å². The summed E-state index contributed by atoms with van der Waals surface area (Å²) in [6.45, 7) is 3.63. The van der Waals surface area contributed by atoms with Gasteiger partial charge in [0.05, 0.1) is 18.7 Å². The molecule has 0 atom stereocenters. The van der Waals surface area contributed by atoms with Crippen molar-refractivity contribution in [1.82, 2.24) is 49.3 Å². The van der Waals surface area contributed by atoms with Gasteiger partial charge in [-0.2, -0.15) is 10.2 Å². The molecule has 0 unspecified atom stereocenters. The Hall–Kier alpha value is -5.59. The molecule has 12 heteroatoms. The summed E-state index contributed by atoms with van der Waals surface area (Å²) in [6.07, 6.45) is 13.0. The van der Waals surface area contributed by atoms with Crippen molar-refractivity contribution in [2.45, 2.75) is 25.9 Å². The number of carboxylic acids is 1. The molecule has 0 spiro atoms. The van der Waals surface area contributed by atoms with Gasteiger partial charge < -0.3 is 24.9 Å². The lowest BCUT2D eigenvalue weighted by Crippen LogP contribution is -2.14. The normalized spacial score (nSPS) is 11.1. The maximum absolute atomic E-state index is 10.2. The molecule has 0 saturated heterocycles. The van der Waals surface area contributed by atoms with Crippen molar-refractivity contribution in [2.75, 3.05) is 41.3 Å². The average molecular weight is 661 g/mol. The van der Waals surface area contributed by atoms with Gasteiger partial charge in [0.15, 0.2) is 0 Å². The minimum absolute atomic E-state index is 0.331. The van der Waals surface area contributed by atoms with Crippen LogP contribution in [0, 0.1) is 0 Å². The molecule has 254 valence electrons. The molecular weight excluding hydrogens is 616 g/mol. The summed E-state index contributed by atoms with van der Waals surface area (Å²) in [6, 6.07) is 21.3. The van der Waals surface area contributed by atoms with Crippen LogP contribution in [0.3, 0.4) is 0 Å². The lowest BCUT2D eigenvalue weighted by Gasteiger charge is -2.08. The molecule has 0 fully saturated rings. The zero-order valence-corrected chi connectivity index (χ0v) is 28.5. The molecule has 0 aliphatic rings. The molecule has 4 aromatic heterocycles. The topological polar surface area (TPSA) is 137 Å². The molecular formula is C37H44N10O2. The minimum Gasteiger partial charge on any atom is -0.478 e. The first-order chi connectivity index (χ1) is 23.7. The predicted octanol–water partition coefficient (Wildman–Crippen LogP) is 5.21. The highest BCUT2D eigenvalue weighted by atomic mass is 16.4. The highest BCUT2D eigenvalue weighted by Gasteiger charge is 2.07. The van der Waals surface area contributed by atoms with Gasteiger partial charge in [0.2, 0.25) is 0 Å². The molecule has 7 aromatic rings. The third-order valence-corrected chi connectivity index (χ3v) is 7.96. The zero-order valence-electron chi connectivity index (χ0n) is 28.5. The van der Waals surface area contributed by atoms with Gasteiger partial charge in [-0.1, -0.05) is 30.3 Å². The quantitative estimate of drug-likeness (QED) is 0.172. The number of hydrogen-bond donors (Lipinski definition) is 3. The van der Waals surface area contributed by atoms with Crippen LogP contribution in [-0.4, -0.2) is 102 Å². The Morgan fingerprint density at radius 3 is 1.53 bits per heavy atom. The molecule has 49 heavy (non-hydrogen) atoms. The molecule has 0 bridgehead atoms. The van der Waals surface area contributed by atoms with E-state index in [-0.39, 0.29) is 0 Å². The lowest BCUT2D eigenvalue weighted by atomic mass is 10.1. The minimum atomic E-state index is -0.879. The molecule has 0 amide bonds. The van der Waals surface area contributed by atoms with Crippen LogP contribution in [0.4, 0.5) is 0 Å². The van der Waals surface area contributed by atoms with E-state index in [9.17, 15) is 4.79 Å². The first-order valence-corrected chi connectivity index (χ1v) is 16.2. The molecule has 7 rings (SSSR count). The van der Waals surface area contributed by atoms with E-state index in [1.807, 2.05) is 9.36 Å². The van der Waals surface area contributed by atoms with Crippen LogP contribution in [0.2, 0.25) is 0 Å². The Labute approximate surface area is 286 Å². The fourth-order valence-corrected chi connectivity index (χ4v) is 5.33. The largest absolute Gasteiger partial charge is 0.478 e. The highest BCUT2D eigenvalue weighted by Crippen LogP contribution is 2.22. The van der Waals surface area contributed by atoms with Crippen molar-refractivity contribution in [3.63, 3.8) is 0 Å². The zero-order chi connectivity index (χ0) is 34.6. The number of aromatic amines is 2. The lowest BCUT2D eigenvalue weighted by molar-refractivity contribution is 0.0697. The summed E-state index contributed by atoms with van der Waals surface area (Å²) >= 11 is 0. The summed E-state index contributed by atoms with van der Waals surface area (Å²) in [7, 11) is 8.41. The van der Waals surface area contributed by atoms with Crippen LogP contribution in [-0.2, 0) is 25.9 Å². The van der Waals surface area contributed by atoms with Gasteiger partial charge in [-0.25, -0.2) is 24.1 Å². The van der Waals surface area contributed by atoms with E-state index in [4.69, 9.17) is 5.11 Å². The SMILES string of the molecule is CN(C)CCc1c[nH]c2ccc(Cn3cncn3)cc12.CN(C)CCc1c[nH]c2ccc(Cn3cncn3)cc12.O=C(O)c1ccccc1. The van der Waals surface area contributed by atoms with Crippen LogP contribution in [0.25, 0.3) is 21.8 Å². The maximum Gasteiger partial charge on any atom is 0.335 e. The van der Waals surface area contributed by atoms with Gasteiger partial charge >= 0.3 is 5.97 Å².